The fourth-order valence-electron chi connectivity index (χ4n) is 2.74. The molecule has 156 valence electrons. The number of halogens is 1. The van der Waals surface area contributed by atoms with Crippen LogP contribution in [0.1, 0.15) is 41.0 Å². The lowest BCUT2D eigenvalue weighted by atomic mass is 10.0. The first-order valence-electron chi connectivity index (χ1n) is 9.17. The Labute approximate surface area is 178 Å². The van der Waals surface area contributed by atoms with Gasteiger partial charge in [-0.25, -0.2) is 4.79 Å². The maximum absolute atomic E-state index is 12.6. The Balaban J connectivity index is 2.19. The van der Waals surface area contributed by atoms with Gasteiger partial charge in [0.25, 0.3) is 5.91 Å². The van der Waals surface area contributed by atoms with Gasteiger partial charge in [-0.2, -0.15) is 5.26 Å². The van der Waals surface area contributed by atoms with Gasteiger partial charge >= 0.3 is 5.97 Å². The summed E-state index contributed by atoms with van der Waals surface area (Å²) in [5.41, 5.74) is 1.13. The van der Waals surface area contributed by atoms with Gasteiger partial charge in [0, 0.05) is 11.8 Å². The van der Waals surface area contributed by atoms with Crippen LogP contribution < -0.4 is 10.6 Å². The lowest BCUT2D eigenvalue weighted by molar-refractivity contribution is -0.123. The summed E-state index contributed by atoms with van der Waals surface area (Å²) < 4.78 is 0. The summed E-state index contributed by atoms with van der Waals surface area (Å²) in [7, 11) is 0. The maximum Gasteiger partial charge on any atom is 0.335 e. The van der Waals surface area contributed by atoms with E-state index < -0.39 is 23.8 Å². The standard InChI is InChI=1S/C21H21ClN4O4/c1-12(2)9-18(20(28)24-8-7-23)26-19(27)14-4-6-17(25-11-14)15-10-13(21(29)30)3-5-16(15)22/h3-6,10-12,18H,8-9H2,1-2H3,(H,24,28)(H,26,27)(H,29,30). The number of carbonyl (C=O) groups is 3. The number of carboxylic acids is 1. The number of aromatic nitrogens is 1. The Morgan fingerprint density at radius 3 is 2.47 bits per heavy atom. The molecule has 1 aromatic carbocycles. The molecular weight excluding hydrogens is 408 g/mol. The molecular formula is C21H21ClN4O4. The Kier molecular flexibility index (Phi) is 7.90. The minimum atomic E-state index is -1.09. The summed E-state index contributed by atoms with van der Waals surface area (Å²) in [6, 6.07) is 8.38. The van der Waals surface area contributed by atoms with E-state index in [0.717, 1.165) is 0 Å². The van der Waals surface area contributed by atoms with Crippen molar-refractivity contribution in [1.29, 1.82) is 5.26 Å². The number of benzene rings is 1. The molecule has 2 amide bonds. The quantitative estimate of drug-likeness (QED) is 0.554. The number of nitrogens with zero attached hydrogens (tertiary/aromatic N) is 2. The average molecular weight is 429 g/mol. The van der Waals surface area contributed by atoms with Gasteiger partial charge in [0.05, 0.1) is 27.9 Å². The van der Waals surface area contributed by atoms with Crippen LogP contribution in [0.3, 0.4) is 0 Å². The van der Waals surface area contributed by atoms with Crippen molar-refractivity contribution in [3.05, 3.63) is 52.7 Å². The normalized spacial score (nSPS) is 11.4. The van der Waals surface area contributed by atoms with Crippen LogP contribution >= 0.6 is 11.6 Å². The van der Waals surface area contributed by atoms with E-state index in [-0.39, 0.29) is 23.6 Å². The molecule has 3 N–H and O–H groups in total. The number of carbonyl (C=O) groups excluding carboxylic acids is 2. The third-order valence-corrected chi connectivity index (χ3v) is 4.52. The monoisotopic (exact) mass is 428 g/mol. The highest BCUT2D eigenvalue weighted by atomic mass is 35.5. The SMILES string of the molecule is CC(C)CC(NC(=O)c1ccc(-c2cc(C(=O)O)ccc2Cl)nc1)C(=O)NCC#N. The number of nitrogens with one attached hydrogen (secondary N) is 2. The molecule has 0 spiro atoms. The highest BCUT2D eigenvalue weighted by Crippen LogP contribution is 2.27. The molecule has 2 aromatic rings. The Morgan fingerprint density at radius 1 is 1.20 bits per heavy atom. The molecule has 8 nitrogen and oxygen atoms in total. The summed E-state index contributed by atoms with van der Waals surface area (Å²) in [5, 5.41) is 23.2. The van der Waals surface area contributed by atoms with Crippen LogP contribution in [0.2, 0.25) is 5.02 Å². The smallest absolute Gasteiger partial charge is 0.335 e. The molecule has 0 aliphatic rings. The molecule has 0 aliphatic heterocycles. The van der Waals surface area contributed by atoms with Gasteiger partial charge < -0.3 is 15.7 Å². The molecule has 0 aliphatic carbocycles. The van der Waals surface area contributed by atoms with Crippen LogP contribution in [0.5, 0.6) is 0 Å². The van der Waals surface area contributed by atoms with Gasteiger partial charge in [-0.3, -0.25) is 14.6 Å². The lowest BCUT2D eigenvalue weighted by Crippen LogP contribution is -2.47. The number of rotatable bonds is 8. The molecule has 1 heterocycles. The Hall–Kier alpha value is -3.44. The van der Waals surface area contributed by atoms with Crippen LogP contribution in [0.15, 0.2) is 36.5 Å². The molecule has 0 radical (unpaired) electrons. The number of hydrogen-bond donors (Lipinski definition) is 3. The second-order valence-corrected chi connectivity index (χ2v) is 7.37. The van der Waals surface area contributed by atoms with Crippen LogP contribution in [0.4, 0.5) is 0 Å². The second-order valence-electron chi connectivity index (χ2n) is 6.96. The zero-order valence-electron chi connectivity index (χ0n) is 16.5. The van der Waals surface area contributed by atoms with Gasteiger partial charge in [0.1, 0.15) is 12.6 Å². The first kappa shape index (κ1) is 22.8. The van der Waals surface area contributed by atoms with E-state index in [1.165, 1.54) is 30.5 Å². The minimum Gasteiger partial charge on any atom is -0.478 e. The average Bonchev–Trinajstić information content (AvgIpc) is 2.71. The highest BCUT2D eigenvalue weighted by molar-refractivity contribution is 6.33. The fraction of sp³-hybridized carbons (Fsp3) is 0.286. The van der Waals surface area contributed by atoms with Gasteiger partial charge in [-0.15, -0.1) is 0 Å². The third-order valence-electron chi connectivity index (χ3n) is 4.19. The van der Waals surface area contributed by atoms with Gasteiger partial charge in [0.2, 0.25) is 5.91 Å². The van der Waals surface area contributed by atoms with Crippen LogP contribution in [0.25, 0.3) is 11.3 Å². The summed E-state index contributed by atoms with van der Waals surface area (Å²) in [5.74, 6) is -1.86. The predicted octanol–water partition coefficient (Wildman–Crippen LogP) is 2.88. The van der Waals surface area contributed by atoms with Crippen molar-refractivity contribution in [2.75, 3.05) is 6.54 Å². The third kappa shape index (κ3) is 6.03. The zero-order valence-corrected chi connectivity index (χ0v) is 17.2. The van der Waals surface area contributed by atoms with Crippen molar-refractivity contribution in [3.8, 4) is 17.3 Å². The van der Waals surface area contributed by atoms with Crippen molar-refractivity contribution >= 4 is 29.4 Å². The molecule has 1 atom stereocenters. The highest BCUT2D eigenvalue weighted by Gasteiger charge is 2.22. The van der Waals surface area contributed by atoms with Crippen molar-refractivity contribution in [2.45, 2.75) is 26.3 Å². The summed E-state index contributed by atoms with van der Waals surface area (Å²) >= 11 is 6.15. The fourth-order valence-corrected chi connectivity index (χ4v) is 2.95. The molecule has 0 saturated heterocycles. The first-order valence-corrected chi connectivity index (χ1v) is 9.55. The van der Waals surface area contributed by atoms with Crippen LogP contribution in [-0.4, -0.2) is 40.5 Å². The van der Waals surface area contributed by atoms with Gasteiger partial charge in [-0.1, -0.05) is 25.4 Å². The zero-order chi connectivity index (χ0) is 22.3. The predicted molar refractivity (Wildman–Crippen MR) is 111 cm³/mol. The van der Waals surface area contributed by atoms with Crippen molar-refractivity contribution in [2.24, 2.45) is 5.92 Å². The van der Waals surface area contributed by atoms with E-state index in [0.29, 0.717) is 22.7 Å². The van der Waals surface area contributed by atoms with Gasteiger partial charge in [0.15, 0.2) is 0 Å². The summed E-state index contributed by atoms with van der Waals surface area (Å²) in [4.78, 5) is 40.2. The molecule has 1 aromatic heterocycles. The Bertz CT molecular complexity index is 983. The number of hydrogen-bond acceptors (Lipinski definition) is 5. The number of amides is 2. The summed E-state index contributed by atoms with van der Waals surface area (Å²) in [6.45, 7) is 3.69. The number of carboxylic acid groups (broad SMARTS) is 1. The Morgan fingerprint density at radius 2 is 1.90 bits per heavy atom. The van der Waals surface area contributed by atoms with E-state index in [4.69, 9.17) is 22.0 Å². The molecule has 0 bridgehead atoms. The molecule has 30 heavy (non-hydrogen) atoms. The lowest BCUT2D eigenvalue weighted by Gasteiger charge is -2.19. The number of pyridine rings is 1. The second kappa shape index (κ2) is 10.4. The van der Waals surface area contributed by atoms with E-state index >= 15 is 0 Å². The number of aromatic carboxylic acids is 1. The van der Waals surface area contributed by atoms with Crippen LogP contribution in [-0.2, 0) is 4.79 Å². The van der Waals surface area contributed by atoms with E-state index in [2.05, 4.69) is 15.6 Å². The maximum atomic E-state index is 12.6. The van der Waals surface area contributed by atoms with E-state index in [1.807, 2.05) is 19.9 Å². The molecule has 2 rings (SSSR count). The van der Waals surface area contributed by atoms with Crippen molar-refractivity contribution < 1.29 is 19.5 Å². The molecule has 9 heteroatoms. The van der Waals surface area contributed by atoms with Crippen LogP contribution in [0, 0.1) is 17.2 Å². The van der Waals surface area contributed by atoms with E-state index in [9.17, 15) is 14.4 Å². The van der Waals surface area contributed by atoms with E-state index in [1.54, 1.807) is 6.07 Å². The topological polar surface area (TPSA) is 132 Å². The largest absolute Gasteiger partial charge is 0.478 e. The first-order chi connectivity index (χ1) is 14.2. The van der Waals surface area contributed by atoms with Crippen molar-refractivity contribution in [1.82, 2.24) is 15.6 Å². The molecule has 0 saturated carbocycles. The molecule has 1 unspecified atom stereocenters. The summed E-state index contributed by atoms with van der Waals surface area (Å²) in [6.07, 6.45) is 1.74. The van der Waals surface area contributed by atoms with Crippen molar-refractivity contribution in [3.63, 3.8) is 0 Å². The molecule has 0 fully saturated rings. The van der Waals surface area contributed by atoms with Gasteiger partial charge in [-0.05, 0) is 42.7 Å². The minimum absolute atomic E-state index is 0.0675. The number of nitriles is 1.